The van der Waals surface area contributed by atoms with Crippen LogP contribution in [0.15, 0.2) is 33.7 Å². The molecule has 0 amide bonds. The first kappa shape index (κ1) is 18.4. The van der Waals surface area contributed by atoms with Crippen molar-refractivity contribution >= 4 is 16.0 Å². The van der Waals surface area contributed by atoms with Crippen LogP contribution in [0.4, 0.5) is 0 Å². The Morgan fingerprint density at radius 1 is 1.27 bits per heavy atom. The number of nitrogens with zero attached hydrogens (tertiary/aromatic N) is 2. The molecule has 0 atom stereocenters. The van der Waals surface area contributed by atoms with Gasteiger partial charge in [0, 0.05) is 19.2 Å². The van der Waals surface area contributed by atoms with Crippen molar-refractivity contribution in [2.75, 3.05) is 20.2 Å². The normalized spacial score (nSPS) is 15.2. The summed E-state index contributed by atoms with van der Waals surface area (Å²) in [5.74, 6) is -0.0480. The van der Waals surface area contributed by atoms with Gasteiger partial charge in [-0.15, -0.1) is 0 Å². The number of methoxy groups -OCH3 is 1. The summed E-state index contributed by atoms with van der Waals surface area (Å²) in [5.41, 5.74) is 0.805. The molecule has 8 nitrogen and oxygen atoms in total. The molecule has 0 N–H and O–H groups in total. The van der Waals surface area contributed by atoms with Crippen molar-refractivity contribution in [2.24, 2.45) is 0 Å². The number of rotatable bonds is 6. The molecule has 3 rings (SSSR count). The van der Waals surface area contributed by atoms with Crippen molar-refractivity contribution in [3.63, 3.8) is 0 Å². The van der Waals surface area contributed by atoms with Crippen LogP contribution < -0.4 is 4.74 Å². The number of aromatic nitrogens is 1. The molecular formula is C17H20N2O6S. The zero-order valence-corrected chi connectivity index (χ0v) is 15.4. The lowest BCUT2D eigenvalue weighted by Crippen LogP contribution is -2.28. The number of aryl methyl sites for hydroxylation is 1. The molecule has 0 saturated carbocycles. The third-order valence-electron chi connectivity index (χ3n) is 4.10. The van der Waals surface area contributed by atoms with Gasteiger partial charge in [0.25, 0.3) is 0 Å². The highest BCUT2D eigenvalue weighted by atomic mass is 32.2. The number of esters is 1. The maximum Gasteiger partial charge on any atom is 0.338 e. The molecule has 1 fully saturated rings. The summed E-state index contributed by atoms with van der Waals surface area (Å²) in [6.45, 7) is 2.60. The van der Waals surface area contributed by atoms with Gasteiger partial charge in [-0.2, -0.15) is 4.31 Å². The Hall–Kier alpha value is -2.39. The van der Waals surface area contributed by atoms with Crippen molar-refractivity contribution in [3.8, 4) is 5.75 Å². The first-order chi connectivity index (χ1) is 12.4. The summed E-state index contributed by atoms with van der Waals surface area (Å²) in [4.78, 5) is 12.3. The molecule has 1 saturated heterocycles. The van der Waals surface area contributed by atoms with E-state index in [0.717, 1.165) is 12.8 Å². The smallest absolute Gasteiger partial charge is 0.338 e. The molecule has 0 unspecified atom stereocenters. The minimum absolute atomic E-state index is 0.0353. The molecule has 0 radical (unpaired) electrons. The zero-order chi connectivity index (χ0) is 18.7. The van der Waals surface area contributed by atoms with Gasteiger partial charge in [-0.05, 0) is 38.0 Å². The number of sulfonamides is 1. The Kier molecular flexibility index (Phi) is 5.28. The van der Waals surface area contributed by atoms with Gasteiger partial charge >= 0.3 is 5.97 Å². The Morgan fingerprint density at radius 3 is 2.62 bits per heavy atom. The molecule has 1 aromatic heterocycles. The van der Waals surface area contributed by atoms with E-state index < -0.39 is 16.0 Å². The molecular weight excluding hydrogens is 360 g/mol. The van der Waals surface area contributed by atoms with E-state index in [9.17, 15) is 13.2 Å². The van der Waals surface area contributed by atoms with Crippen LogP contribution in [0.1, 0.15) is 34.7 Å². The van der Waals surface area contributed by atoms with E-state index in [1.807, 2.05) is 0 Å². The Bertz CT molecular complexity index is 900. The minimum Gasteiger partial charge on any atom is -0.495 e. The van der Waals surface area contributed by atoms with Gasteiger partial charge in [-0.1, -0.05) is 5.16 Å². The Morgan fingerprint density at radius 2 is 2.00 bits per heavy atom. The largest absolute Gasteiger partial charge is 0.495 e. The van der Waals surface area contributed by atoms with Crippen LogP contribution in [0.2, 0.25) is 0 Å². The van der Waals surface area contributed by atoms with E-state index in [1.54, 1.807) is 13.0 Å². The Balaban J connectivity index is 1.83. The second-order valence-electron chi connectivity index (χ2n) is 5.99. The fourth-order valence-electron chi connectivity index (χ4n) is 2.78. The van der Waals surface area contributed by atoms with Crippen LogP contribution in [0, 0.1) is 6.92 Å². The molecule has 140 valence electrons. The number of hydrogen-bond acceptors (Lipinski definition) is 7. The zero-order valence-electron chi connectivity index (χ0n) is 14.6. The van der Waals surface area contributed by atoms with Crippen LogP contribution in [0.5, 0.6) is 5.75 Å². The fourth-order valence-corrected chi connectivity index (χ4v) is 4.48. The quantitative estimate of drug-likeness (QED) is 0.708. The van der Waals surface area contributed by atoms with Crippen LogP contribution >= 0.6 is 0 Å². The van der Waals surface area contributed by atoms with E-state index in [-0.39, 0.29) is 22.8 Å². The van der Waals surface area contributed by atoms with E-state index in [0.29, 0.717) is 24.5 Å². The highest BCUT2D eigenvalue weighted by Gasteiger charge is 2.30. The third-order valence-corrected chi connectivity index (χ3v) is 6.02. The summed E-state index contributed by atoms with van der Waals surface area (Å²) >= 11 is 0. The minimum atomic E-state index is -3.73. The van der Waals surface area contributed by atoms with Gasteiger partial charge in [-0.25, -0.2) is 13.2 Å². The predicted octanol–water partition coefficient (Wildman–Crippen LogP) is 2.13. The summed E-state index contributed by atoms with van der Waals surface area (Å²) < 4.78 is 42.4. The molecule has 9 heteroatoms. The van der Waals surface area contributed by atoms with Gasteiger partial charge in [0.05, 0.1) is 18.4 Å². The van der Waals surface area contributed by atoms with Crippen LogP contribution in [0.3, 0.4) is 0 Å². The van der Waals surface area contributed by atoms with Crippen molar-refractivity contribution in [3.05, 3.63) is 41.3 Å². The average Bonchev–Trinajstić information content (AvgIpc) is 3.31. The van der Waals surface area contributed by atoms with Gasteiger partial charge in [0.15, 0.2) is 12.4 Å². The lowest BCUT2D eigenvalue weighted by Gasteiger charge is -2.18. The molecule has 1 aliphatic heterocycles. The standard InChI is InChI=1S/C17H20N2O6S/c1-12-9-14(25-18-12)11-24-17(20)13-5-6-15(23-2)16(10-13)26(21,22)19-7-3-4-8-19/h5-6,9-10H,3-4,7-8,11H2,1-2H3. The average molecular weight is 380 g/mol. The lowest BCUT2D eigenvalue weighted by atomic mass is 10.2. The second kappa shape index (κ2) is 7.46. The maximum absolute atomic E-state index is 12.8. The van der Waals surface area contributed by atoms with Gasteiger partial charge in [0.2, 0.25) is 10.0 Å². The third kappa shape index (κ3) is 3.73. The lowest BCUT2D eigenvalue weighted by molar-refractivity contribution is 0.0437. The SMILES string of the molecule is COc1ccc(C(=O)OCc2cc(C)no2)cc1S(=O)(=O)N1CCCC1. The van der Waals surface area contributed by atoms with Crippen molar-refractivity contribution in [2.45, 2.75) is 31.3 Å². The van der Waals surface area contributed by atoms with E-state index in [4.69, 9.17) is 14.0 Å². The molecule has 1 aliphatic rings. The topological polar surface area (TPSA) is 98.9 Å². The molecule has 2 aromatic rings. The number of benzene rings is 1. The van der Waals surface area contributed by atoms with Gasteiger partial charge < -0.3 is 14.0 Å². The van der Waals surface area contributed by atoms with Gasteiger partial charge in [0.1, 0.15) is 10.6 Å². The summed E-state index contributed by atoms with van der Waals surface area (Å²) in [6.07, 6.45) is 1.64. The van der Waals surface area contributed by atoms with Crippen LogP contribution in [0.25, 0.3) is 0 Å². The van der Waals surface area contributed by atoms with Crippen molar-refractivity contribution in [1.82, 2.24) is 9.46 Å². The number of carbonyl (C=O) groups excluding carboxylic acids is 1. The second-order valence-corrected chi connectivity index (χ2v) is 7.89. The van der Waals surface area contributed by atoms with Crippen molar-refractivity contribution in [1.29, 1.82) is 0 Å². The summed E-state index contributed by atoms with van der Waals surface area (Å²) in [6, 6.07) is 5.87. The fraction of sp³-hybridized carbons (Fsp3) is 0.412. The highest BCUT2D eigenvalue weighted by molar-refractivity contribution is 7.89. The molecule has 0 spiro atoms. The van der Waals surface area contributed by atoms with Crippen molar-refractivity contribution < 1.29 is 27.2 Å². The molecule has 0 aliphatic carbocycles. The monoisotopic (exact) mass is 380 g/mol. The summed E-state index contributed by atoms with van der Waals surface area (Å²) in [7, 11) is -2.34. The molecule has 26 heavy (non-hydrogen) atoms. The predicted molar refractivity (Wildman–Crippen MR) is 91.3 cm³/mol. The summed E-state index contributed by atoms with van der Waals surface area (Å²) in [5, 5.41) is 3.71. The molecule has 2 heterocycles. The first-order valence-electron chi connectivity index (χ1n) is 8.19. The van der Waals surface area contributed by atoms with E-state index in [1.165, 1.54) is 29.6 Å². The van der Waals surface area contributed by atoms with Crippen LogP contribution in [-0.2, 0) is 21.4 Å². The number of carbonyl (C=O) groups is 1. The number of ether oxygens (including phenoxy) is 2. The maximum atomic E-state index is 12.8. The van der Waals surface area contributed by atoms with Crippen LogP contribution in [-0.4, -0.2) is 44.0 Å². The number of hydrogen-bond donors (Lipinski definition) is 0. The molecule has 1 aromatic carbocycles. The molecule has 0 bridgehead atoms. The first-order valence-corrected chi connectivity index (χ1v) is 9.63. The van der Waals surface area contributed by atoms with E-state index in [2.05, 4.69) is 5.16 Å². The van der Waals surface area contributed by atoms with E-state index >= 15 is 0 Å². The van der Waals surface area contributed by atoms with Gasteiger partial charge in [-0.3, -0.25) is 0 Å². The Labute approximate surface area is 151 Å². The highest BCUT2D eigenvalue weighted by Crippen LogP contribution is 2.30.